The fourth-order valence-electron chi connectivity index (χ4n) is 1.94. The van der Waals surface area contributed by atoms with Gasteiger partial charge in [-0.1, -0.05) is 13.2 Å². The average molecular weight is 434 g/mol. The van der Waals surface area contributed by atoms with Crippen LogP contribution in [0.25, 0.3) is 0 Å². The second kappa shape index (κ2) is 13.9. The van der Waals surface area contributed by atoms with Crippen molar-refractivity contribution >= 4 is 26.8 Å². The number of hydrogen-bond acceptors (Lipinski definition) is 9. The van der Waals surface area contributed by atoms with E-state index in [1.54, 1.807) is 0 Å². The van der Waals surface area contributed by atoms with Gasteiger partial charge in [-0.15, -0.1) is 0 Å². The Labute approximate surface area is 172 Å². The second-order valence-corrected chi connectivity index (χ2v) is 9.20. The first-order valence-electron chi connectivity index (χ1n) is 8.86. The largest absolute Gasteiger partial charge is 0.500 e. The molecule has 0 fully saturated rings. The molecule has 0 unspecified atom stereocenters. The molecule has 0 spiro atoms. The van der Waals surface area contributed by atoms with E-state index >= 15 is 0 Å². The van der Waals surface area contributed by atoms with Gasteiger partial charge in [-0.3, -0.25) is 0 Å². The third kappa shape index (κ3) is 10.8. The predicted molar refractivity (Wildman–Crippen MR) is 106 cm³/mol. The Bertz CT molecular complexity index is 552. The van der Waals surface area contributed by atoms with Crippen molar-refractivity contribution in [1.29, 1.82) is 0 Å². The highest BCUT2D eigenvalue weighted by Gasteiger charge is 2.36. The van der Waals surface area contributed by atoms with E-state index in [4.69, 9.17) is 27.5 Å². The molecule has 0 radical (unpaired) electrons. The number of amides is 1. The highest BCUT2D eigenvalue weighted by atomic mass is 28.4. The summed E-state index contributed by atoms with van der Waals surface area (Å²) in [5, 5.41) is 2.56. The third-order valence-corrected chi connectivity index (χ3v) is 6.47. The van der Waals surface area contributed by atoms with Gasteiger partial charge in [-0.2, -0.15) is 0 Å². The van der Waals surface area contributed by atoms with Crippen LogP contribution in [-0.2, 0) is 37.1 Å². The number of hydrogen-bond donors (Lipinski definition) is 1. The molecular formula is C18H31NO9Si. The molecule has 0 saturated carbocycles. The average Bonchev–Trinajstić information content (AvgIpc) is 2.69. The maximum absolute atomic E-state index is 12.0. The fourth-order valence-corrected chi connectivity index (χ4v) is 3.67. The van der Waals surface area contributed by atoms with Crippen LogP contribution in [0.4, 0.5) is 4.79 Å². The summed E-state index contributed by atoms with van der Waals surface area (Å²) >= 11 is 0. The van der Waals surface area contributed by atoms with Gasteiger partial charge in [0, 0.05) is 45.1 Å². The summed E-state index contributed by atoms with van der Waals surface area (Å²) in [5.74, 6) is -1.30. The smallest absolute Gasteiger partial charge is 0.458 e. The van der Waals surface area contributed by atoms with Crippen LogP contribution in [0.2, 0.25) is 6.04 Å². The maximum atomic E-state index is 12.0. The number of nitrogens with one attached hydrogen (secondary N) is 1. The third-order valence-electron chi connectivity index (χ3n) is 3.63. The molecule has 0 aliphatic rings. The molecule has 0 heterocycles. The Morgan fingerprint density at radius 3 is 1.72 bits per heavy atom. The van der Waals surface area contributed by atoms with Crippen LogP contribution in [0.5, 0.6) is 0 Å². The van der Waals surface area contributed by atoms with Gasteiger partial charge in [0.05, 0.1) is 0 Å². The quantitative estimate of drug-likeness (QED) is 0.143. The standard InChI is InChI=1S/C18H31NO9Si/c1-13(2)16(20)26-11-15(12-27-17(21)14(3)4)28-18(22)19-9-8-10-29(23-5,24-6)25-7/h15H,1,3,8-12H2,2,4-7H3,(H,19,22). The molecule has 0 bridgehead atoms. The van der Waals surface area contributed by atoms with Gasteiger partial charge >= 0.3 is 26.8 Å². The maximum Gasteiger partial charge on any atom is 0.500 e. The van der Waals surface area contributed by atoms with E-state index in [0.717, 1.165) is 0 Å². The van der Waals surface area contributed by atoms with E-state index in [-0.39, 0.29) is 30.9 Å². The van der Waals surface area contributed by atoms with Crippen LogP contribution in [-0.4, -0.2) is 74.0 Å². The van der Waals surface area contributed by atoms with Crippen LogP contribution in [0, 0.1) is 0 Å². The molecule has 29 heavy (non-hydrogen) atoms. The molecule has 0 aromatic carbocycles. The number of alkyl carbamates (subject to hydrolysis) is 1. The van der Waals surface area contributed by atoms with Gasteiger partial charge in [-0.25, -0.2) is 14.4 Å². The van der Waals surface area contributed by atoms with Gasteiger partial charge in [0.25, 0.3) is 0 Å². The molecule has 0 saturated heterocycles. The second-order valence-electron chi connectivity index (χ2n) is 6.11. The van der Waals surface area contributed by atoms with Gasteiger partial charge in [0.2, 0.25) is 0 Å². The summed E-state index contributed by atoms with van der Waals surface area (Å²) in [4.78, 5) is 35.1. The Morgan fingerprint density at radius 1 is 0.897 bits per heavy atom. The summed E-state index contributed by atoms with van der Waals surface area (Å²) in [6, 6.07) is 0.493. The van der Waals surface area contributed by atoms with E-state index in [0.29, 0.717) is 12.5 Å². The lowest BCUT2D eigenvalue weighted by Crippen LogP contribution is -2.43. The minimum atomic E-state index is -2.72. The van der Waals surface area contributed by atoms with E-state index in [2.05, 4.69) is 18.5 Å². The van der Waals surface area contributed by atoms with Crippen LogP contribution in [0.3, 0.4) is 0 Å². The molecule has 1 N–H and O–H groups in total. The first-order valence-corrected chi connectivity index (χ1v) is 10.8. The minimum absolute atomic E-state index is 0.189. The molecule has 10 nitrogen and oxygen atoms in total. The first-order chi connectivity index (χ1) is 13.6. The molecule has 0 aromatic rings. The molecule has 11 heteroatoms. The monoisotopic (exact) mass is 433 g/mol. The number of carbonyl (C=O) groups excluding carboxylic acids is 3. The zero-order valence-electron chi connectivity index (χ0n) is 17.7. The van der Waals surface area contributed by atoms with Gasteiger partial charge in [-0.05, 0) is 20.3 Å². The van der Waals surface area contributed by atoms with Crippen LogP contribution >= 0.6 is 0 Å². The zero-order chi connectivity index (χ0) is 22.4. The number of esters is 2. The highest BCUT2D eigenvalue weighted by Crippen LogP contribution is 2.14. The summed E-state index contributed by atoms with van der Waals surface area (Å²) in [6.45, 7) is 9.57. The lowest BCUT2D eigenvalue weighted by atomic mass is 10.3. The summed E-state index contributed by atoms with van der Waals surface area (Å²) in [7, 11) is 1.79. The molecule has 0 rings (SSSR count). The van der Waals surface area contributed by atoms with Crippen molar-refractivity contribution < 1.29 is 41.9 Å². The van der Waals surface area contributed by atoms with Gasteiger partial charge in [0.15, 0.2) is 6.10 Å². The van der Waals surface area contributed by atoms with Gasteiger partial charge in [0.1, 0.15) is 13.2 Å². The molecule has 0 aliphatic heterocycles. The topological polar surface area (TPSA) is 119 Å². The zero-order valence-corrected chi connectivity index (χ0v) is 18.7. The van der Waals surface area contributed by atoms with Crippen molar-refractivity contribution in [2.75, 3.05) is 41.1 Å². The Balaban J connectivity index is 4.59. The first kappa shape index (κ1) is 26.8. The number of rotatable bonds is 14. The fraction of sp³-hybridized carbons (Fsp3) is 0.611. The van der Waals surface area contributed by atoms with Crippen molar-refractivity contribution in [3.05, 3.63) is 24.3 Å². The van der Waals surface area contributed by atoms with E-state index in [9.17, 15) is 14.4 Å². The normalized spacial score (nSPS) is 11.0. The van der Waals surface area contributed by atoms with Crippen LogP contribution in [0.15, 0.2) is 24.3 Å². The van der Waals surface area contributed by atoms with Crippen LogP contribution in [0.1, 0.15) is 20.3 Å². The molecule has 0 atom stereocenters. The molecular weight excluding hydrogens is 402 g/mol. The SMILES string of the molecule is C=C(C)C(=O)OCC(COC(=O)C(=C)C)OC(=O)NCCC[Si](OC)(OC)OC. The van der Waals surface area contributed by atoms with Gasteiger partial charge < -0.3 is 32.8 Å². The van der Waals surface area contributed by atoms with Crippen molar-refractivity contribution in [3.8, 4) is 0 Å². The van der Waals surface area contributed by atoms with Crippen LogP contribution < -0.4 is 5.32 Å². The Morgan fingerprint density at radius 2 is 1.34 bits per heavy atom. The Kier molecular flexibility index (Phi) is 12.8. The number of carbonyl (C=O) groups is 3. The van der Waals surface area contributed by atoms with Crippen molar-refractivity contribution in [3.63, 3.8) is 0 Å². The summed E-state index contributed by atoms with van der Waals surface area (Å²) < 4.78 is 31.0. The van der Waals surface area contributed by atoms with Crippen molar-refractivity contribution in [2.24, 2.45) is 0 Å². The summed E-state index contributed by atoms with van der Waals surface area (Å²) in [6.07, 6.45) is -1.23. The van der Waals surface area contributed by atoms with Crippen molar-refractivity contribution in [1.82, 2.24) is 5.32 Å². The predicted octanol–water partition coefficient (Wildman–Crippen LogP) is 1.59. The molecule has 166 valence electrons. The molecule has 1 amide bonds. The van der Waals surface area contributed by atoms with E-state index in [1.807, 2.05) is 0 Å². The molecule has 0 aromatic heterocycles. The van der Waals surface area contributed by atoms with E-state index < -0.39 is 32.9 Å². The lowest BCUT2D eigenvalue weighted by molar-refractivity contribution is -0.147. The lowest BCUT2D eigenvalue weighted by Gasteiger charge is -2.24. The number of ether oxygens (including phenoxy) is 3. The molecule has 0 aliphatic carbocycles. The minimum Gasteiger partial charge on any atom is -0.458 e. The summed E-state index contributed by atoms with van der Waals surface area (Å²) in [5.41, 5.74) is 0.378. The highest BCUT2D eigenvalue weighted by molar-refractivity contribution is 6.60. The van der Waals surface area contributed by atoms with E-state index in [1.165, 1.54) is 35.2 Å². The van der Waals surface area contributed by atoms with Crippen molar-refractivity contribution in [2.45, 2.75) is 32.4 Å². The Hall–Kier alpha value is -2.21.